The number of nitrogens with zero attached hydrogens (tertiary/aromatic N) is 1. The summed E-state index contributed by atoms with van der Waals surface area (Å²) in [6.45, 7) is 3.24. The minimum Gasteiger partial charge on any atom is -0.493 e. The number of hydrogen-bond donors (Lipinski definition) is 1. The van der Waals surface area contributed by atoms with E-state index >= 15 is 0 Å². The standard InChI is InChI=1S/C34H27F3N2O5/c1-19(2)15-28(40)24-12-11-20(16-26(24)34(35,36)37)39-33(41)23-9-5-8-22-21(23)7-6-10-29(22)44-30-13-14-38-27-18-32(43-4)31(42-3)17-25(27)30/h5-18H,1-4H3,(H,39,41). The number of anilines is 1. The molecule has 44 heavy (non-hydrogen) atoms. The van der Waals surface area contributed by atoms with Gasteiger partial charge >= 0.3 is 6.18 Å². The van der Waals surface area contributed by atoms with E-state index in [1.165, 1.54) is 20.3 Å². The van der Waals surface area contributed by atoms with Crippen molar-refractivity contribution in [3.8, 4) is 23.0 Å². The molecule has 0 aliphatic carbocycles. The van der Waals surface area contributed by atoms with Crippen LogP contribution in [0.5, 0.6) is 23.0 Å². The number of halogens is 3. The topological polar surface area (TPSA) is 86.8 Å². The smallest absolute Gasteiger partial charge is 0.417 e. The lowest BCUT2D eigenvalue weighted by atomic mass is 10.00. The lowest BCUT2D eigenvalue weighted by Gasteiger charge is -2.15. The molecular formula is C34H27F3N2O5. The van der Waals surface area contributed by atoms with E-state index in [1.807, 2.05) is 0 Å². The van der Waals surface area contributed by atoms with Crippen molar-refractivity contribution in [2.45, 2.75) is 20.0 Å². The lowest BCUT2D eigenvalue weighted by molar-refractivity contribution is -0.137. The number of benzene rings is 4. The van der Waals surface area contributed by atoms with Gasteiger partial charge in [0.15, 0.2) is 17.3 Å². The van der Waals surface area contributed by atoms with Gasteiger partial charge in [-0.25, -0.2) is 0 Å². The molecule has 224 valence electrons. The Morgan fingerprint density at radius 2 is 1.45 bits per heavy atom. The second-order valence-corrected chi connectivity index (χ2v) is 10.1. The van der Waals surface area contributed by atoms with Crippen LogP contribution in [-0.2, 0) is 6.18 Å². The zero-order chi connectivity index (χ0) is 31.6. The molecule has 1 N–H and O–H groups in total. The Bertz CT molecular complexity index is 1950. The number of methoxy groups -OCH3 is 2. The van der Waals surface area contributed by atoms with E-state index in [1.54, 1.807) is 74.6 Å². The Balaban J connectivity index is 1.49. The summed E-state index contributed by atoms with van der Waals surface area (Å²) in [6.07, 6.45) is -2.07. The summed E-state index contributed by atoms with van der Waals surface area (Å²) < 4.78 is 58.8. The molecule has 0 radical (unpaired) electrons. The predicted molar refractivity (Wildman–Crippen MR) is 162 cm³/mol. The number of rotatable bonds is 8. The molecule has 1 heterocycles. The first-order valence-electron chi connectivity index (χ1n) is 13.4. The van der Waals surface area contributed by atoms with Crippen molar-refractivity contribution in [3.05, 3.63) is 107 Å². The van der Waals surface area contributed by atoms with Gasteiger partial charge < -0.3 is 19.5 Å². The molecule has 1 aromatic heterocycles. The Morgan fingerprint density at radius 3 is 2.16 bits per heavy atom. The van der Waals surface area contributed by atoms with Crippen LogP contribution in [0.1, 0.15) is 40.1 Å². The van der Waals surface area contributed by atoms with Crippen molar-refractivity contribution in [2.24, 2.45) is 0 Å². The number of alkyl halides is 3. The predicted octanol–water partition coefficient (Wildman–Crippen LogP) is 8.62. The highest BCUT2D eigenvalue weighted by Gasteiger charge is 2.35. The number of nitrogens with one attached hydrogen (secondary N) is 1. The maximum atomic E-state index is 13.9. The van der Waals surface area contributed by atoms with Crippen molar-refractivity contribution < 1.29 is 37.0 Å². The van der Waals surface area contributed by atoms with Crippen molar-refractivity contribution >= 4 is 39.1 Å². The van der Waals surface area contributed by atoms with Gasteiger partial charge in [0, 0.05) is 39.8 Å². The molecule has 0 fully saturated rings. The number of fused-ring (bicyclic) bond motifs is 2. The molecule has 0 spiro atoms. The van der Waals surface area contributed by atoms with Gasteiger partial charge in [-0.15, -0.1) is 0 Å². The van der Waals surface area contributed by atoms with Crippen LogP contribution < -0.4 is 19.5 Å². The highest BCUT2D eigenvalue weighted by Crippen LogP contribution is 2.39. The van der Waals surface area contributed by atoms with Crippen LogP contribution in [0, 0.1) is 0 Å². The first-order chi connectivity index (χ1) is 21.0. The van der Waals surface area contributed by atoms with E-state index in [-0.39, 0.29) is 11.3 Å². The third kappa shape index (κ3) is 6.05. The number of amides is 1. The number of pyridine rings is 1. The average molecular weight is 601 g/mol. The second kappa shape index (κ2) is 12.1. The maximum absolute atomic E-state index is 13.9. The van der Waals surface area contributed by atoms with Crippen LogP contribution in [-0.4, -0.2) is 30.9 Å². The van der Waals surface area contributed by atoms with Gasteiger partial charge in [-0.2, -0.15) is 13.2 Å². The van der Waals surface area contributed by atoms with E-state index in [2.05, 4.69) is 10.3 Å². The Labute approximate surface area is 250 Å². The molecule has 0 aliphatic heterocycles. The summed E-state index contributed by atoms with van der Waals surface area (Å²) >= 11 is 0. The van der Waals surface area contributed by atoms with Crippen molar-refractivity contribution in [1.29, 1.82) is 0 Å². The Hall–Kier alpha value is -5.38. The van der Waals surface area contributed by atoms with Gasteiger partial charge in [-0.05, 0) is 67.8 Å². The first kappa shape index (κ1) is 30.1. The summed E-state index contributed by atoms with van der Waals surface area (Å²) in [5.74, 6) is 0.549. The number of allylic oxidation sites excluding steroid dienone is 2. The molecule has 0 saturated heterocycles. The van der Waals surface area contributed by atoms with Gasteiger partial charge in [-0.3, -0.25) is 14.6 Å². The highest BCUT2D eigenvalue weighted by molar-refractivity contribution is 6.14. The molecule has 10 heteroatoms. The highest BCUT2D eigenvalue weighted by atomic mass is 19.4. The minimum absolute atomic E-state index is 0.104. The summed E-state index contributed by atoms with van der Waals surface area (Å²) in [7, 11) is 3.06. The molecule has 5 aromatic rings. The van der Waals surface area contributed by atoms with E-state index in [0.717, 1.165) is 18.2 Å². The van der Waals surface area contributed by atoms with Gasteiger partial charge in [0.2, 0.25) is 0 Å². The molecule has 1 amide bonds. The van der Waals surface area contributed by atoms with Crippen molar-refractivity contribution in [2.75, 3.05) is 19.5 Å². The largest absolute Gasteiger partial charge is 0.493 e. The number of carbonyl (C=O) groups is 2. The summed E-state index contributed by atoms with van der Waals surface area (Å²) in [5, 5.41) is 4.34. The van der Waals surface area contributed by atoms with Gasteiger partial charge in [0.05, 0.1) is 25.3 Å². The molecule has 0 atom stereocenters. The number of carbonyl (C=O) groups excluding carboxylic acids is 2. The molecule has 4 aromatic carbocycles. The fraction of sp³-hybridized carbons (Fsp3) is 0.147. The second-order valence-electron chi connectivity index (χ2n) is 10.1. The van der Waals surface area contributed by atoms with E-state index in [0.29, 0.717) is 50.2 Å². The fourth-order valence-corrected chi connectivity index (χ4v) is 4.83. The number of ether oxygens (including phenoxy) is 3. The lowest BCUT2D eigenvalue weighted by Crippen LogP contribution is -2.16. The third-order valence-corrected chi connectivity index (χ3v) is 6.82. The van der Waals surface area contributed by atoms with E-state index in [9.17, 15) is 22.8 Å². The fourth-order valence-electron chi connectivity index (χ4n) is 4.83. The number of hydrogen-bond acceptors (Lipinski definition) is 6. The quantitative estimate of drug-likeness (QED) is 0.142. The summed E-state index contributed by atoms with van der Waals surface area (Å²) in [6, 6.07) is 18.5. The molecule has 0 bridgehead atoms. The van der Waals surface area contributed by atoms with Crippen LogP contribution >= 0.6 is 0 Å². The summed E-state index contributed by atoms with van der Waals surface area (Å²) in [5.41, 5.74) is -0.331. The normalized spacial score (nSPS) is 11.2. The Morgan fingerprint density at radius 1 is 0.773 bits per heavy atom. The molecule has 0 unspecified atom stereocenters. The van der Waals surface area contributed by atoms with Gasteiger partial charge in [0.25, 0.3) is 5.91 Å². The van der Waals surface area contributed by atoms with Crippen LogP contribution in [0.3, 0.4) is 0 Å². The van der Waals surface area contributed by atoms with Crippen LogP contribution in [0.25, 0.3) is 21.7 Å². The molecule has 0 aliphatic rings. The van der Waals surface area contributed by atoms with E-state index in [4.69, 9.17) is 14.2 Å². The molecule has 7 nitrogen and oxygen atoms in total. The number of ketones is 1. The van der Waals surface area contributed by atoms with Crippen molar-refractivity contribution in [1.82, 2.24) is 4.98 Å². The summed E-state index contributed by atoms with van der Waals surface area (Å²) in [4.78, 5) is 30.2. The van der Waals surface area contributed by atoms with Gasteiger partial charge in [-0.1, -0.05) is 29.8 Å². The monoisotopic (exact) mass is 600 g/mol. The van der Waals surface area contributed by atoms with Crippen LogP contribution in [0.15, 0.2) is 90.6 Å². The number of aromatic nitrogens is 1. The van der Waals surface area contributed by atoms with Crippen LogP contribution in [0.2, 0.25) is 0 Å². The molecular weight excluding hydrogens is 573 g/mol. The SMILES string of the molecule is COc1cc2nccc(Oc3cccc4c(C(=O)Nc5ccc(C(=O)C=C(C)C)c(C(F)(F)F)c5)cccc34)c2cc1OC. The van der Waals surface area contributed by atoms with E-state index < -0.39 is 29.0 Å². The van der Waals surface area contributed by atoms with Crippen molar-refractivity contribution in [3.63, 3.8) is 0 Å². The first-order valence-corrected chi connectivity index (χ1v) is 13.4. The minimum atomic E-state index is -4.81. The van der Waals surface area contributed by atoms with Crippen LogP contribution in [0.4, 0.5) is 18.9 Å². The average Bonchev–Trinajstić information content (AvgIpc) is 2.99. The molecule has 0 saturated carbocycles. The van der Waals surface area contributed by atoms with Gasteiger partial charge in [0.1, 0.15) is 11.5 Å². The maximum Gasteiger partial charge on any atom is 0.417 e. The zero-order valence-corrected chi connectivity index (χ0v) is 24.2. The molecule has 5 rings (SSSR count). The Kier molecular flexibility index (Phi) is 8.26. The third-order valence-electron chi connectivity index (χ3n) is 6.82. The zero-order valence-electron chi connectivity index (χ0n) is 24.2.